The second-order valence-electron chi connectivity index (χ2n) is 24.4. The molecule has 0 bridgehead atoms. The fourth-order valence-electron chi connectivity index (χ4n) is 8.91. The second kappa shape index (κ2) is 73.2. The number of allylic oxidation sites excluding steroid dienone is 38. The number of ether oxygens (including phenoxy) is 4. The molecule has 95 heavy (non-hydrogen) atoms. The van der Waals surface area contributed by atoms with E-state index in [2.05, 4.69) is 245 Å². The van der Waals surface area contributed by atoms with Crippen LogP contribution in [0.4, 0.5) is 0 Å². The van der Waals surface area contributed by atoms with Gasteiger partial charge in [-0.05, 0) is 161 Å². The first-order valence-electron chi connectivity index (χ1n) is 36.5. The van der Waals surface area contributed by atoms with E-state index < -0.39 is 30.3 Å². The molecule has 2 atom stereocenters. The maximum absolute atomic E-state index is 12.9. The lowest BCUT2D eigenvalue weighted by Gasteiger charge is -2.26. The monoisotopic (exact) mass is 1310 g/mol. The Morgan fingerprint density at radius 1 is 0.316 bits per heavy atom. The Bertz CT molecular complexity index is 2420. The zero-order valence-corrected chi connectivity index (χ0v) is 60.2. The molecule has 0 saturated carbocycles. The van der Waals surface area contributed by atoms with Gasteiger partial charge in [0.2, 0.25) is 0 Å². The highest BCUT2D eigenvalue weighted by Crippen LogP contribution is 2.14. The van der Waals surface area contributed by atoms with Gasteiger partial charge in [-0.1, -0.05) is 290 Å². The van der Waals surface area contributed by atoms with E-state index in [0.717, 1.165) is 180 Å². The zero-order valence-electron chi connectivity index (χ0n) is 60.2. The highest BCUT2D eigenvalue weighted by Gasteiger charge is 2.22. The third-order valence-corrected chi connectivity index (χ3v) is 14.4. The smallest absolute Gasteiger partial charge is 0.306 e. The Morgan fingerprint density at radius 3 is 0.842 bits per heavy atom. The molecule has 528 valence electrons. The summed E-state index contributed by atoms with van der Waals surface area (Å²) >= 11 is 0. The van der Waals surface area contributed by atoms with Crippen LogP contribution in [0.3, 0.4) is 0 Å². The van der Waals surface area contributed by atoms with Crippen molar-refractivity contribution in [1.29, 1.82) is 0 Å². The van der Waals surface area contributed by atoms with Crippen molar-refractivity contribution in [2.75, 3.05) is 47.5 Å². The number of aliphatic carboxylic acids is 1. The summed E-state index contributed by atoms with van der Waals surface area (Å²) in [5.41, 5.74) is 0. The van der Waals surface area contributed by atoms with Crippen molar-refractivity contribution in [3.05, 3.63) is 231 Å². The van der Waals surface area contributed by atoms with Gasteiger partial charge in [0.1, 0.15) is 13.2 Å². The summed E-state index contributed by atoms with van der Waals surface area (Å²) in [6, 6.07) is 0. The molecule has 0 radical (unpaired) electrons. The first-order valence-corrected chi connectivity index (χ1v) is 36.5. The van der Waals surface area contributed by atoms with Gasteiger partial charge in [-0.15, -0.1) is 0 Å². The molecule has 2 unspecified atom stereocenters. The van der Waals surface area contributed by atoms with Crippen molar-refractivity contribution in [2.24, 2.45) is 0 Å². The van der Waals surface area contributed by atoms with Crippen LogP contribution in [0, 0.1) is 0 Å². The summed E-state index contributed by atoms with van der Waals surface area (Å²) in [6.07, 6.45) is 114. The molecule has 0 aliphatic heterocycles. The summed E-state index contributed by atoms with van der Waals surface area (Å²) in [7, 11) is 5.90. The van der Waals surface area contributed by atoms with Crippen molar-refractivity contribution in [3.63, 3.8) is 0 Å². The topological polar surface area (TPSA) is 111 Å². The van der Waals surface area contributed by atoms with E-state index in [9.17, 15) is 19.5 Å². The molecule has 0 aromatic heterocycles. The van der Waals surface area contributed by atoms with E-state index in [1.807, 2.05) is 21.1 Å². The van der Waals surface area contributed by atoms with Gasteiger partial charge in [0.05, 0.1) is 40.3 Å². The molecule has 0 aromatic carbocycles. The third-order valence-electron chi connectivity index (χ3n) is 14.4. The SMILES string of the molecule is CC/C=C\C/C=C\C/C=C\C/C=C\C/C=C\C/C=C\C/C=C\C/C=C\C/C=C\C/C=C\C/C=C\CCCCCCCCCC(=O)OC(COC(=O)CCCCCC/C=C\C/C=C\C/C=C\C/C=C\C/C=C\C/C=C\C/C=C\C/C=C\CC)COC(OCC[N+](C)(C)C)C(=O)[O-]. The number of carbonyl (C=O) groups is 3. The van der Waals surface area contributed by atoms with E-state index in [1.165, 1.54) is 12.8 Å². The number of nitrogens with zero attached hydrogens (tertiary/aromatic N) is 1. The predicted octanol–water partition coefficient (Wildman–Crippen LogP) is 22.1. The lowest BCUT2D eigenvalue weighted by molar-refractivity contribution is -0.870. The molecule has 0 saturated heterocycles. The Hall–Kier alpha value is -6.65. The van der Waals surface area contributed by atoms with Gasteiger partial charge in [-0.25, -0.2) is 0 Å². The van der Waals surface area contributed by atoms with Gasteiger partial charge < -0.3 is 33.3 Å². The predicted molar refractivity (Wildman–Crippen MR) is 406 cm³/mol. The molecule has 9 nitrogen and oxygen atoms in total. The lowest BCUT2D eigenvalue weighted by atomic mass is 10.1. The molecule has 0 aromatic rings. The molecule has 0 aliphatic carbocycles. The number of esters is 2. The number of hydrogen-bond donors (Lipinski definition) is 0. The Kier molecular flexibility index (Phi) is 68.0. The third kappa shape index (κ3) is 74.6. The summed E-state index contributed by atoms with van der Waals surface area (Å²) in [4.78, 5) is 37.5. The Labute approximate surface area is 580 Å². The van der Waals surface area contributed by atoms with Crippen LogP contribution in [0.5, 0.6) is 0 Å². The molecule has 0 amide bonds. The number of carbonyl (C=O) groups excluding carboxylic acids is 3. The van der Waals surface area contributed by atoms with E-state index in [4.69, 9.17) is 18.9 Å². The Morgan fingerprint density at radius 2 is 0.568 bits per heavy atom. The van der Waals surface area contributed by atoms with Crippen molar-refractivity contribution in [3.8, 4) is 0 Å². The molecular formula is C86H131NO8. The number of carboxylic acid groups (broad SMARTS) is 1. The number of likely N-dealkylation sites (N-methyl/N-ethyl adjacent to an activating group) is 1. The van der Waals surface area contributed by atoms with Gasteiger partial charge in [0, 0.05) is 12.8 Å². The van der Waals surface area contributed by atoms with Gasteiger partial charge >= 0.3 is 11.9 Å². The molecule has 0 heterocycles. The van der Waals surface area contributed by atoms with Crippen LogP contribution in [0.25, 0.3) is 0 Å². The summed E-state index contributed by atoms with van der Waals surface area (Å²) in [5.74, 6) is -2.36. The Balaban J connectivity index is 4.27. The number of unbranched alkanes of at least 4 members (excludes halogenated alkanes) is 11. The van der Waals surface area contributed by atoms with Crippen molar-refractivity contribution < 1.29 is 42.9 Å². The fourth-order valence-corrected chi connectivity index (χ4v) is 8.91. The number of hydrogen-bond acceptors (Lipinski definition) is 8. The molecule has 0 N–H and O–H groups in total. The van der Waals surface area contributed by atoms with Crippen LogP contribution in [-0.4, -0.2) is 82.3 Å². The first kappa shape index (κ1) is 88.4. The first-order chi connectivity index (χ1) is 46.6. The number of rotatable bonds is 64. The van der Waals surface area contributed by atoms with Gasteiger partial charge in [-0.3, -0.25) is 9.59 Å². The highest BCUT2D eigenvalue weighted by atomic mass is 16.7. The largest absolute Gasteiger partial charge is 0.545 e. The maximum Gasteiger partial charge on any atom is 0.306 e. The van der Waals surface area contributed by atoms with E-state index in [0.29, 0.717) is 23.9 Å². The van der Waals surface area contributed by atoms with Gasteiger partial charge in [-0.2, -0.15) is 0 Å². The highest BCUT2D eigenvalue weighted by molar-refractivity contribution is 5.70. The van der Waals surface area contributed by atoms with Crippen LogP contribution < -0.4 is 5.11 Å². The van der Waals surface area contributed by atoms with Crippen LogP contribution in [0.1, 0.15) is 232 Å². The average Bonchev–Trinajstić information content (AvgIpc) is 3.54. The number of carboxylic acids is 1. The van der Waals surface area contributed by atoms with Crippen LogP contribution in [0.15, 0.2) is 231 Å². The van der Waals surface area contributed by atoms with Crippen LogP contribution >= 0.6 is 0 Å². The van der Waals surface area contributed by atoms with Crippen LogP contribution in [-0.2, 0) is 33.3 Å². The minimum Gasteiger partial charge on any atom is -0.545 e. The molecule has 9 heteroatoms. The van der Waals surface area contributed by atoms with E-state index >= 15 is 0 Å². The van der Waals surface area contributed by atoms with Crippen LogP contribution in [0.2, 0.25) is 0 Å². The quantitative estimate of drug-likeness (QED) is 0.0195. The second-order valence-corrected chi connectivity index (χ2v) is 24.4. The van der Waals surface area contributed by atoms with E-state index in [1.54, 1.807) is 0 Å². The summed E-state index contributed by atoms with van der Waals surface area (Å²) < 4.78 is 22.7. The summed E-state index contributed by atoms with van der Waals surface area (Å²) in [5, 5.41) is 11.8. The fraction of sp³-hybridized carbons (Fsp3) is 0.523. The average molecular weight is 1310 g/mol. The standard InChI is InChI=1S/C86H131NO8/c1-6-8-10-12-14-16-18-20-22-24-26-28-30-32-34-36-37-38-39-40-41-42-43-44-45-46-47-49-51-53-55-57-59-61-63-65-67-69-71-73-75-77-84(89)95-82(81-94-86(85(90)91)92-79-78-87(3,4)5)80-93-83(88)76-74-72-70-68-66-64-62-60-58-56-54-52-50-48-35-33-31-29-27-25-23-21-19-17-15-13-11-9-7-2/h8-11,14-17,20-23,26-29,32-35,37-38,40-41,43-44,46-47,50-53,56-59,62,64,82,86H,6-7,12-13,18-19,24-25,30-31,36,39,42,45,48-49,54-55,60-61,63,65-81H2,1-5H3/b10-8-,11-9-,16-14-,17-15-,22-20-,23-21-,28-26-,29-27-,34-32-,35-33-,38-37-,41-40-,44-43-,47-46-,52-50-,53-51-,58-56-,59-57-,64-62-. The molecule has 0 aliphatic rings. The minimum absolute atomic E-state index is 0.127. The molecule has 0 fully saturated rings. The van der Waals surface area contributed by atoms with Crippen molar-refractivity contribution >= 4 is 17.9 Å². The van der Waals surface area contributed by atoms with Crippen molar-refractivity contribution in [1.82, 2.24) is 0 Å². The van der Waals surface area contributed by atoms with E-state index in [-0.39, 0.29) is 32.7 Å². The molecular weight excluding hydrogens is 1170 g/mol. The zero-order chi connectivity index (χ0) is 69.0. The maximum atomic E-state index is 12.9. The number of quaternary nitrogens is 1. The molecule has 0 rings (SSSR count). The normalized spacial score (nSPS) is 14.1. The summed E-state index contributed by atoms with van der Waals surface area (Å²) in [6.45, 7) is 4.44. The minimum atomic E-state index is -1.65. The van der Waals surface area contributed by atoms with Gasteiger partial charge in [0.15, 0.2) is 12.4 Å². The molecule has 0 spiro atoms. The van der Waals surface area contributed by atoms with Gasteiger partial charge in [0.25, 0.3) is 0 Å². The van der Waals surface area contributed by atoms with Crippen molar-refractivity contribution in [2.45, 2.75) is 245 Å². The lowest BCUT2D eigenvalue weighted by Crippen LogP contribution is -2.44.